The van der Waals surface area contributed by atoms with Gasteiger partial charge < -0.3 is 20.7 Å². The number of hydrogen-bond acceptors (Lipinski definition) is 8. The molecule has 0 radical (unpaired) electrons. The lowest BCUT2D eigenvalue weighted by molar-refractivity contribution is -0.384. The van der Waals surface area contributed by atoms with Crippen molar-refractivity contribution in [1.29, 1.82) is 0 Å². The topological polar surface area (TPSA) is 140 Å². The molecule has 30 heavy (non-hydrogen) atoms. The lowest BCUT2D eigenvalue weighted by Gasteiger charge is -2.09. The first-order valence-electron chi connectivity index (χ1n) is 8.69. The number of nitro groups is 1. The van der Waals surface area contributed by atoms with E-state index in [1.165, 1.54) is 25.2 Å². The molecule has 3 N–H and O–H groups in total. The fraction of sp³-hybridized carbons (Fsp3) is 0.278. The van der Waals surface area contributed by atoms with Crippen molar-refractivity contribution in [1.82, 2.24) is 5.32 Å². The first kappa shape index (κ1) is 23.1. The molecule has 2 rings (SSSR count). The third-order valence-corrected chi connectivity index (χ3v) is 5.43. The number of halogens is 1. The summed E-state index contributed by atoms with van der Waals surface area (Å²) in [7, 11) is 1.46. The summed E-state index contributed by atoms with van der Waals surface area (Å²) in [5.74, 6) is -1.57. The van der Waals surface area contributed by atoms with Gasteiger partial charge in [-0.3, -0.25) is 19.7 Å². The number of benzene rings is 1. The molecule has 1 aromatic carbocycles. The molecule has 0 aliphatic rings. The number of hydrogen-bond donors (Lipinski definition) is 3. The van der Waals surface area contributed by atoms with Gasteiger partial charge in [0.15, 0.2) is 0 Å². The third kappa shape index (κ3) is 5.24. The Morgan fingerprint density at radius 3 is 2.60 bits per heavy atom. The fourth-order valence-electron chi connectivity index (χ4n) is 2.50. The lowest BCUT2D eigenvalue weighted by atomic mass is 10.1. The van der Waals surface area contributed by atoms with Crippen LogP contribution in [0.3, 0.4) is 0 Å². The zero-order valence-electron chi connectivity index (χ0n) is 16.3. The molecule has 0 fully saturated rings. The highest BCUT2D eigenvalue weighted by atomic mass is 35.5. The predicted molar refractivity (Wildman–Crippen MR) is 114 cm³/mol. The molecule has 0 unspecified atom stereocenters. The molecule has 0 bridgehead atoms. The molecule has 2 aromatic rings. The van der Waals surface area contributed by atoms with Crippen molar-refractivity contribution < 1.29 is 24.0 Å². The Labute approximate surface area is 180 Å². The van der Waals surface area contributed by atoms with E-state index in [2.05, 4.69) is 16.0 Å². The standard InChI is InChI=1S/C18H19ClN4O6S/c1-4-29-18(26)14-9(2)15(16(25)20-3)30-17(14)22-13(24)8-21-10-5-6-11(19)12(7-10)23(27)28/h5-7,21H,4,8H2,1-3H3,(H,20,25)(H,22,24). The monoisotopic (exact) mass is 454 g/mol. The van der Waals surface area contributed by atoms with E-state index in [9.17, 15) is 24.5 Å². The van der Waals surface area contributed by atoms with Crippen LogP contribution in [0.5, 0.6) is 0 Å². The van der Waals surface area contributed by atoms with E-state index in [0.717, 1.165) is 11.3 Å². The molecular formula is C18H19ClN4O6S. The second-order valence-corrected chi connectivity index (χ2v) is 7.31. The molecule has 12 heteroatoms. The Balaban J connectivity index is 2.19. The van der Waals surface area contributed by atoms with E-state index >= 15 is 0 Å². The van der Waals surface area contributed by atoms with Crippen molar-refractivity contribution in [3.63, 3.8) is 0 Å². The molecule has 0 atom stereocenters. The van der Waals surface area contributed by atoms with Gasteiger partial charge in [-0.2, -0.15) is 0 Å². The second-order valence-electron chi connectivity index (χ2n) is 5.88. The zero-order valence-corrected chi connectivity index (χ0v) is 17.9. The first-order chi connectivity index (χ1) is 14.2. The Kier molecular flexibility index (Phi) is 7.72. The average molecular weight is 455 g/mol. The van der Waals surface area contributed by atoms with Gasteiger partial charge in [0.2, 0.25) is 5.91 Å². The minimum Gasteiger partial charge on any atom is -0.462 e. The van der Waals surface area contributed by atoms with E-state index in [1.807, 2.05) is 0 Å². The summed E-state index contributed by atoms with van der Waals surface area (Å²) in [5.41, 5.74) is 0.529. The summed E-state index contributed by atoms with van der Waals surface area (Å²) >= 11 is 6.72. The van der Waals surface area contributed by atoms with Crippen LogP contribution in [0.4, 0.5) is 16.4 Å². The maximum absolute atomic E-state index is 12.4. The highest BCUT2D eigenvalue weighted by Gasteiger charge is 2.26. The number of ether oxygens (including phenoxy) is 1. The van der Waals surface area contributed by atoms with Crippen LogP contribution in [0, 0.1) is 17.0 Å². The summed E-state index contributed by atoms with van der Waals surface area (Å²) in [6.07, 6.45) is 0. The number of anilines is 2. The van der Waals surface area contributed by atoms with E-state index in [0.29, 0.717) is 11.3 Å². The first-order valence-corrected chi connectivity index (χ1v) is 9.89. The predicted octanol–water partition coefficient (Wildman–Crippen LogP) is 3.21. The molecule has 0 saturated carbocycles. The van der Waals surface area contributed by atoms with Gasteiger partial charge in [0.1, 0.15) is 10.0 Å². The molecule has 0 aliphatic heterocycles. The van der Waals surface area contributed by atoms with Crippen LogP contribution in [0.25, 0.3) is 0 Å². The summed E-state index contributed by atoms with van der Waals surface area (Å²) in [6, 6.07) is 4.04. The normalized spacial score (nSPS) is 10.3. The van der Waals surface area contributed by atoms with E-state index < -0.39 is 22.7 Å². The van der Waals surface area contributed by atoms with E-state index in [4.69, 9.17) is 16.3 Å². The van der Waals surface area contributed by atoms with Crippen LogP contribution < -0.4 is 16.0 Å². The van der Waals surface area contributed by atoms with Crippen LogP contribution in [0.2, 0.25) is 5.02 Å². The van der Waals surface area contributed by atoms with Gasteiger partial charge in [-0.05, 0) is 31.5 Å². The second kappa shape index (κ2) is 10.0. The van der Waals surface area contributed by atoms with Gasteiger partial charge in [0, 0.05) is 18.8 Å². The maximum atomic E-state index is 12.4. The number of carbonyl (C=O) groups is 3. The highest BCUT2D eigenvalue weighted by Crippen LogP contribution is 2.34. The van der Waals surface area contributed by atoms with Gasteiger partial charge in [-0.15, -0.1) is 11.3 Å². The highest BCUT2D eigenvalue weighted by molar-refractivity contribution is 7.18. The van der Waals surface area contributed by atoms with E-state index in [1.54, 1.807) is 13.8 Å². The SMILES string of the molecule is CCOC(=O)c1c(NC(=O)CNc2ccc(Cl)c([N+](=O)[O-])c2)sc(C(=O)NC)c1C. The minimum absolute atomic E-state index is 0.0233. The molecular weight excluding hydrogens is 436 g/mol. The Morgan fingerprint density at radius 1 is 1.30 bits per heavy atom. The summed E-state index contributed by atoms with van der Waals surface area (Å²) in [5, 5.41) is 18.9. The van der Waals surface area contributed by atoms with Crippen molar-refractivity contribution in [2.24, 2.45) is 0 Å². The molecule has 1 heterocycles. The number of nitrogens with zero attached hydrogens (tertiary/aromatic N) is 1. The Bertz CT molecular complexity index is 1010. The molecule has 0 aliphatic carbocycles. The van der Waals surface area contributed by atoms with Crippen molar-refractivity contribution in [3.05, 3.63) is 49.3 Å². The number of esters is 1. The van der Waals surface area contributed by atoms with Crippen molar-refractivity contribution in [2.75, 3.05) is 30.8 Å². The molecule has 10 nitrogen and oxygen atoms in total. The number of nitrogens with one attached hydrogen (secondary N) is 3. The molecule has 160 valence electrons. The van der Waals surface area contributed by atoms with Crippen molar-refractivity contribution in [2.45, 2.75) is 13.8 Å². The number of amides is 2. The summed E-state index contributed by atoms with van der Waals surface area (Å²) in [4.78, 5) is 47.4. The number of thiophene rings is 1. The maximum Gasteiger partial charge on any atom is 0.341 e. The van der Waals surface area contributed by atoms with Crippen LogP contribution in [-0.4, -0.2) is 42.9 Å². The molecule has 0 saturated heterocycles. The Hall–Kier alpha value is -3.18. The summed E-state index contributed by atoms with van der Waals surface area (Å²) < 4.78 is 5.03. The van der Waals surface area contributed by atoms with Gasteiger partial charge in [-0.1, -0.05) is 11.6 Å². The quantitative estimate of drug-likeness (QED) is 0.316. The summed E-state index contributed by atoms with van der Waals surface area (Å²) in [6.45, 7) is 3.13. The van der Waals surface area contributed by atoms with Gasteiger partial charge in [-0.25, -0.2) is 4.79 Å². The van der Waals surface area contributed by atoms with E-state index in [-0.39, 0.29) is 39.3 Å². The third-order valence-electron chi connectivity index (χ3n) is 3.91. The minimum atomic E-state index is -0.655. The van der Waals surface area contributed by atoms with Gasteiger partial charge in [0.05, 0.1) is 28.5 Å². The van der Waals surface area contributed by atoms with Crippen LogP contribution in [0.15, 0.2) is 18.2 Å². The molecule has 0 spiro atoms. The molecule has 1 aromatic heterocycles. The number of rotatable bonds is 8. The number of nitro benzene ring substituents is 1. The average Bonchev–Trinajstić information content (AvgIpc) is 3.02. The molecule has 2 amide bonds. The van der Waals surface area contributed by atoms with Gasteiger partial charge in [0.25, 0.3) is 11.6 Å². The Morgan fingerprint density at radius 2 is 2.00 bits per heavy atom. The smallest absolute Gasteiger partial charge is 0.341 e. The van der Waals surface area contributed by atoms with Crippen LogP contribution >= 0.6 is 22.9 Å². The van der Waals surface area contributed by atoms with Crippen LogP contribution in [0.1, 0.15) is 32.5 Å². The fourth-order valence-corrected chi connectivity index (χ4v) is 3.84. The van der Waals surface area contributed by atoms with Crippen LogP contribution in [-0.2, 0) is 9.53 Å². The number of carbonyl (C=O) groups excluding carboxylic acids is 3. The van der Waals surface area contributed by atoms with Crippen molar-refractivity contribution >= 4 is 57.1 Å². The lowest BCUT2D eigenvalue weighted by Crippen LogP contribution is -2.22. The van der Waals surface area contributed by atoms with Gasteiger partial charge >= 0.3 is 5.97 Å². The zero-order chi connectivity index (χ0) is 22.4. The van der Waals surface area contributed by atoms with Crippen molar-refractivity contribution in [3.8, 4) is 0 Å². The largest absolute Gasteiger partial charge is 0.462 e.